The van der Waals surface area contributed by atoms with Gasteiger partial charge in [0, 0.05) is 12.8 Å². The van der Waals surface area contributed by atoms with Gasteiger partial charge < -0.3 is 14.6 Å². The lowest BCUT2D eigenvalue weighted by Crippen LogP contribution is -2.28. The summed E-state index contributed by atoms with van der Waals surface area (Å²) in [6.07, 6.45) is 46.0. The number of carbonyl (C=O) groups excluding carboxylic acids is 2. The van der Waals surface area contributed by atoms with Gasteiger partial charge in [-0.05, 0) is 57.8 Å². The van der Waals surface area contributed by atoms with Crippen LogP contribution in [0, 0.1) is 0 Å². The van der Waals surface area contributed by atoms with Crippen molar-refractivity contribution in [1.29, 1.82) is 0 Å². The molecule has 1 unspecified atom stereocenters. The van der Waals surface area contributed by atoms with Crippen molar-refractivity contribution in [3.8, 4) is 0 Å². The Hall–Kier alpha value is -2.14. The molecule has 0 saturated carbocycles. The van der Waals surface area contributed by atoms with Gasteiger partial charge in [0.2, 0.25) is 0 Å². The van der Waals surface area contributed by atoms with Gasteiger partial charge in [0.15, 0.2) is 6.10 Å². The van der Waals surface area contributed by atoms with Crippen molar-refractivity contribution in [2.24, 2.45) is 0 Å². The highest BCUT2D eigenvalue weighted by Gasteiger charge is 2.16. The summed E-state index contributed by atoms with van der Waals surface area (Å²) in [5.41, 5.74) is 0. The Labute approximate surface area is 284 Å². The van der Waals surface area contributed by atoms with Crippen molar-refractivity contribution in [1.82, 2.24) is 0 Å². The predicted molar refractivity (Wildman–Crippen MR) is 196 cm³/mol. The number of rotatable bonds is 34. The number of unbranched alkanes of at least 4 members (excludes halogenated alkanes) is 20. The standard InChI is InChI=1S/C41H72O5/c1-3-5-7-9-11-13-15-17-18-19-20-21-22-24-26-28-30-32-34-36-41(44)46-39(37-42)38-45-40(43)35-33-31-29-27-25-23-16-14-12-10-8-6-4-2/h6,8,10,12,14,16,19-20,39,42H,3-5,7,9,11,13,15,17-18,21-38H2,1-2H3/b8-6+,12-10+,16-14+,20-19+. The normalized spacial score (nSPS) is 12.7. The van der Waals surface area contributed by atoms with Gasteiger partial charge in [0.25, 0.3) is 0 Å². The van der Waals surface area contributed by atoms with Crippen LogP contribution in [0.3, 0.4) is 0 Å². The van der Waals surface area contributed by atoms with Crippen molar-refractivity contribution in [2.45, 2.75) is 187 Å². The molecule has 0 fully saturated rings. The van der Waals surface area contributed by atoms with Gasteiger partial charge in [0.1, 0.15) is 6.61 Å². The van der Waals surface area contributed by atoms with Gasteiger partial charge in [-0.3, -0.25) is 9.59 Å². The lowest BCUT2D eigenvalue weighted by atomic mass is 10.1. The van der Waals surface area contributed by atoms with Crippen LogP contribution < -0.4 is 0 Å². The fourth-order valence-corrected chi connectivity index (χ4v) is 5.25. The number of carbonyl (C=O) groups is 2. The van der Waals surface area contributed by atoms with Crippen LogP contribution in [0.25, 0.3) is 0 Å². The lowest BCUT2D eigenvalue weighted by Gasteiger charge is -2.15. The van der Waals surface area contributed by atoms with E-state index in [4.69, 9.17) is 9.47 Å². The quantitative estimate of drug-likeness (QED) is 0.0326. The first-order chi connectivity index (χ1) is 22.6. The topological polar surface area (TPSA) is 72.8 Å². The van der Waals surface area contributed by atoms with Crippen molar-refractivity contribution >= 4 is 11.9 Å². The zero-order valence-corrected chi connectivity index (χ0v) is 30.1. The Morgan fingerprint density at radius 3 is 1.46 bits per heavy atom. The van der Waals surface area contributed by atoms with E-state index in [0.29, 0.717) is 12.8 Å². The molecule has 0 spiro atoms. The molecule has 0 aromatic carbocycles. The average molecular weight is 645 g/mol. The summed E-state index contributed by atoms with van der Waals surface area (Å²) < 4.78 is 10.6. The van der Waals surface area contributed by atoms with Crippen LogP contribution in [0.2, 0.25) is 0 Å². The number of ether oxygens (including phenoxy) is 2. The van der Waals surface area contributed by atoms with Gasteiger partial charge in [-0.15, -0.1) is 0 Å². The first kappa shape index (κ1) is 43.9. The van der Waals surface area contributed by atoms with E-state index in [0.717, 1.165) is 64.2 Å². The first-order valence-corrected chi connectivity index (χ1v) is 19.2. The van der Waals surface area contributed by atoms with Crippen LogP contribution in [0.15, 0.2) is 48.6 Å². The van der Waals surface area contributed by atoms with E-state index in [9.17, 15) is 14.7 Å². The monoisotopic (exact) mass is 645 g/mol. The van der Waals surface area contributed by atoms with E-state index in [1.807, 2.05) is 6.08 Å². The largest absolute Gasteiger partial charge is 0.462 e. The fourth-order valence-electron chi connectivity index (χ4n) is 5.25. The van der Waals surface area contributed by atoms with Crippen LogP contribution in [0.5, 0.6) is 0 Å². The molecule has 0 aliphatic heterocycles. The molecule has 266 valence electrons. The molecule has 5 nitrogen and oxygen atoms in total. The summed E-state index contributed by atoms with van der Waals surface area (Å²) in [5, 5.41) is 9.54. The minimum absolute atomic E-state index is 0.0789. The van der Waals surface area contributed by atoms with Crippen LogP contribution in [0.1, 0.15) is 181 Å². The highest BCUT2D eigenvalue weighted by molar-refractivity contribution is 5.70. The maximum atomic E-state index is 12.2. The van der Waals surface area contributed by atoms with Crippen LogP contribution in [0.4, 0.5) is 0 Å². The Balaban J connectivity index is 3.58. The zero-order valence-electron chi connectivity index (χ0n) is 30.1. The third-order valence-corrected chi connectivity index (χ3v) is 8.17. The molecule has 0 radical (unpaired) electrons. The number of allylic oxidation sites excluding steroid dienone is 8. The molecule has 1 N–H and O–H groups in total. The SMILES string of the molecule is CC/C=C/C=C/C=C/CCCCCCCC(=O)OCC(CO)OC(=O)CCCCCCCCC/C=C/CCCCCCCCCC. The smallest absolute Gasteiger partial charge is 0.306 e. The van der Waals surface area contributed by atoms with Crippen molar-refractivity contribution in [2.75, 3.05) is 13.2 Å². The molecule has 1 atom stereocenters. The number of hydrogen-bond donors (Lipinski definition) is 1. The Kier molecular flexibility index (Phi) is 35.6. The minimum Gasteiger partial charge on any atom is -0.462 e. The summed E-state index contributed by atoms with van der Waals surface area (Å²) in [5.74, 6) is -0.621. The van der Waals surface area contributed by atoms with E-state index in [1.165, 1.54) is 89.9 Å². The summed E-state index contributed by atoms with van der Waals surface area (Å²) in [6, 6.07) is 0. The van der Waals surface area contributed by atoms with E-state index < -0.39 is 6.10 Å². The van der Waals surface area contributed by atoms with Crippen LogP contribution in [-0.4, -0.2) is 36.4 Å². The molecule has 0 aliphatic carbocycles. The Bertz CT molecular complexity index is 782. The maximum absolute atomic E-state index is 12.2. The molecule has 0 rings (SSSR count). The van der Waals surface area contributed by atoms with Gasteiger partial charge in [0.05, 0.1) is 6.61 Å². The van der Waals surface area contributed by atoms with E-state index in [-0.39, 0.29) is 25.2 Å². The number of esters is 2. The second kappa shape index (κ2) is 37.3. The summed E-state index contributed by atoms with van der Waals surface area (Å²) in [6.45, 7) is 3.98. The third kappa shape index (κ3) is 34.7. The molecule has 46 heavy (non-hydrogen) atoms. The van der Waals surface area contributed by atoms with Crippen LogP contribution in [-0.2, 0) is 19.1 Å². The van der Waals surface area contributed by atoms with Gasteiger partial charge in [-0.25, -0.2) is 0 Å². The van der Waals surface area contributed by atoms with Crippen molar-refractivity contribution in [3.63, 3.8) is 0 Å². The van der Waals surface area contributed by atoms with E-state index >= 15 is 0 Å². The molecule has 5 heteroatoms. The molecular formula is C41H72O5. The average Bonchev–Trinajstić information content (AvgIpc) is 3.06. The lowest BCUT2D eigenvalue weighted by molar-refractivity contribution is -0.161. The predicted octanol–water partition coefficient (Wildman–Crippen LogP) is 11.8. The third-order valence-electron chi connectivity index (χ3n) is 8.17. The Morgan fingerprint density at radius 1 is 0.522 bits per heavy atom. The highest BCUT2D eigenvalue weighted by Crippen LogP contribution is 2.13. The molecule has 0 bridgehead atoms. The molecule has 0 saturated heterocycles. The first-order valence-electron chi connectivity index (χ1n) is 19.2. The van der Waals surface area contributed by atoms with Gasteiger partial charge >= 0.3 is 11.9 Å². The molecular weight excluding hydrogens is 572 g/mol. The van der Waals surface area contributed by atoms with Gasteiger partial charge in [-0.2, -0.15) is 0 Å². The van der Waals surface area contributed by atoms with Crippen molar-refractivity contribution in [3.05, 3.63) is 48.6 Å². The molecule has 0 aromatic rings. The summed E-state index contributed by atoms with van der Waals surface area (Å²) in [4.78, 5) is 24.2. The van der Waals surface area contributed by atoms with Crippen LogP contribution >= 0.6 is 0 Å². The molecule has 0 aromatic heterocycles. The minimum atomic E-state index is -0.781. The zero-order chi connectivity index (χ0) is 33.6. The summed E-state index contributed by atoms with van der Waals surface area (Å²) >= 11 is 0. The maximum Gasteiger partial charge on any atom is 0.306 e. The van der Waals surface area contributed by atoms with E-state index in [1.54, 1.807) is 0 Å². The van der Waals surface area contributed by atoms with Gasteiger partial charge in [-0.1, -0.05) is 159 Å². The molecule has 0 aliphatic rings. The Morgan fingerprint density at radius 2 is 0.957 bits per heavy atom. The highest BCUT2D eigenvalue weighted by atomic mass is 16.6. The second-order valence-corrected chi connectivity index (χ2v) is 12.7. The molecule has 0 amide bonds. The number of aliphatic hydroxyl groups excluding tert-OH is 1. The molecule has 0 heterocycles. The summed E-state index contributed by atoms with van der Waals surface area (Å²) in [7, 11) is 0. The number of hydrogen-bond acceptors (Lipinski definition) is 5. The number of aliphatic hydroxyl groups is 1. The second-order valence-electron chi connectivity index (χ2n) is 12.7. The van der Waals surface area contributed by atoms with Crippen molar-refractivity contribution < 1.29 is 24.2 Å². The van der Waals surface area contributed by atoms with E-state index in [2.05, 4.69) is 56.4 Å². The fraction of sp³-hybridized carbons (Fsp3) is 0.756.